The number of fused-ring (bicyclic) bond motifs is 3. The minimum absolute atomic E-state index is 0.0103. The van der Waals surface area contributed by atoms with Gasteiger partial charge in [-0.25, -0.2) is 17.6 Å². The number of sulfonamides is 1. The summed E-state index contributed by atoms with van der Waals surface area (Å²) in [6.07, 6.45) is 8.63. The van der Waals surface area contributed by atoms with Crippen LogP contribution >= 0.6 is 0 Å². The van der Waals surface area contributed by atoms with Crippen LogP contribution in [0.1, 0.15) is 88.2 Å². The van der Waals surface area contributed by atoms with Crippen molar-refractivity contribution in [1.82, 2.24) is 19.8 Å². The van der Waals surface area contributed by atoms with Gasteiger partial charge in [-0.2, -0.15) is 0 Å². The van der Waals surface area contributed by atoms with Crippen molar-refractivity contribution in [2.24, 2.45) is 5.92 Å². The van der Waals surface area contributed by atoms with Crippen LogP contribution in [0.25, 0.3) is 0 Å². The first-order valence-electron chi connectivity index (χ1n) is 19.8. The molecule has 2 saturated carbocycles. The number of ether oxygens (including phenoxy) is 1. The maximum atomic E-state index is 14.7. The fourth-order valence-corrected chi connectivity index (χ4v) is 10.0. The van der Waals surface area contributed by atoms with Crippen LogP contribution in [0.15, 0.2) is 39.9 Å². The van der Waals surface area contributed by atoms with E-state index in [1.165, 1.54) is 15.9 Å². The number of benzene rings is 1. The molecule has 0 bridgehead atoms. The Hall–Kier alpha value is -4.80. The molecule has 4 fully saturated rings. The molecule has 4 aliphatic heterocycles. The zero-order valence-corrected chi connectivity index (χ0v) is 31.9. The molecule has 4 heterocycles. The predicted octanol–water partition coefficient (Wildman–Crippen LogP) is 2.32. The Morgan fingerprint density at radius 3 is 2.46 bits per heavy atom. The third kappa shape index (κ3) is 7.29. The van der Waals surface area contributed by atoms with Gasteiger partial charge in [-0.15, -0.1) is 0 Å². The molecule has 6 aliphatic rings. The molecule has 56 heavy (non-hydrogen) atoms. The van der Waals surface area contributed by atoms with Gasteiger partial charge in [0.1, 0.15) is 40.9 Å². The molecule has 5 atom stereocenters. The van der Waals surface area contributed by atoms with E-state index >= 15 is 0 Å². The fraction of sp³-hybridized carbons (Fsp3) is 0.590. The minimum atomic E-state index is -3.94. The van der Waals surface area contributed by atoms with Gasteiger partial charge in [-0.05, 0) is 69.4 Å². The van der Waals surface area contributed by atoms with E-state index in [0.717, 1.165) is 32.1 Å². The van der Waals surface area contributed by atoms with Crippen molar-refractivity contribution < 1.29 is 36.7 Å². The van der Waals surface area contributed by atoms with Gasteiger partial charge in [0.05, 0.1) is 18.3 Å². The summed E-state index contributed by atoms with van der Waals surface area (Å²) < 4.78 is 48.2. The lowest BCUT2D eigenvalue weighted by molar-refractivity contribution is -0.140. The molecule has 15 nitrogen and oxygen atoms in total. The molecule has 300 valence electrons. The molecule has 17 heteroatoms. The van der Waals surface area contributed by atoms with Crippen LogP contribution in [0, 0.1) is 11.7 Å². The second kappa shape index (κ2) is 14.9. The van der Waals surface area contributed by atoms with Gasteiger partial charge in [-0.1, -0.05) is 37.1 Å². The summed E-state index contributed by atoms with van der Waals surface area (Å²) in [7, 11) is -3.94. The van der Waals surface area contributed by atoms with Gasteiger partial charge < -0.3 is 25.2 Å². The zero-order valence-electron chi connectivity index (χ0n) is 31.1. The molecule has 2 saturated heterocycles. The number of carbonyl (C=O) groups is 4. The van der Waals surface area contributed by atoms with Gasteiger partial charge in [0.25, 0.3) is 16.8 Å². The molecule has 2 aromatic carbocycles. The van der Waals surface area contributed by atoms with Crippen molar-refractivity contribution in [2.75, 3.05) is 29.9 Å². The largest absolute Gasteiger partial charge is 0.444 e. The van der Waals surface area contributed by atoms with Gasteiger partial charge in [0.15, 0.2) is 0 Å². The lowest BCUT2D eigenvalue weighted by Gasteiger charge is -2.33. The third-order valence-electron chi connectivity index (χ3n) is 12.2. The second-order valence-corrected chi connectivity index (χ2v) is 18.1. The Bertz CT molecular complexity index is 2140. The number of halogens is 1. The van der Waals surface area contributed by atoms with Crippen LogP contribution in [0.2, 0.25) is 0 Å². The minimum Gasteiger partial charge on any atom is -0.444 e. The van der Waals surface area contributed by atoms with Crippen molar-refractivity contribution in [3.8, 4) is 0 Å². The fourth-order valence-electron chi connectivity index (χ4n) is 8.68. The topological polar surface area (TPSA) is 192 Å². The average molecular weight is 795 g/mol. The highest BCUT2D eigenvalue weighted by molar-refractivity contribution is 7.91. The summed E-state index contributed by atoms with van der Waals surface area (Å²) in [6, 6.07) is 2.35. The van der Waals surface area contributed by atoms with Gasteiger partial charge in [-0.3, -0.25) is 33.6 Å². The van der Waals surface area contributed by atoms with E-state index in [1.807, 2.05) is 17.1 Å². The molecule has 0 spiro atoms. The first-order valence-corrected chi connectivity index (χ1v) is 21.3. The highest BCUT2D eigenvalue weighted by atomic mass is 32.2. The van der Waals surface area contributed by atoms with Gasteiger partial charge in [0, 0.05) is 37.5 Å². The number of rotatable bonds is 7. The van der Waals surface area contributed by atoms with Crippen molar-refractivity contribution in [3.05, 3.63) is 67.7 Å². The van der Waals surface area contributed by atoms with Crippen LogP contribution in [-0.4, -0.2) is 90.6 Å². The summed E-state index contributed by atoms with van der Waals surface area (Å²) in [5.41, 5.74) is -1.52. The molecule has 2 aromatic rings. The zero-order chi connectivity index (χ0) is 39.4. The van der Waals surface area contributed by atoms with Crippen LogP contribution < -0.4 is 31.1 Å². The number of piperidine rings is 1. The maximum Gasteiger partial charge on any atom is 0.410 e. The van der Waals surface area contributed by atoms with Gasteiger partial charge in [0.2, 0.25) is 21.8 Å². The molecule has 0 aromatic heterocycles. The van der Waals surface area contributed by atoms with E-state index in [1.54, 1.807) is 12.1 Å². The number of hydrogen-bond acceptors (Lipinski definition) is 11. The van der Waals surface area contributed by atoms with E-state index < -0.39 is 85.4 Å². The Kier molecular flexibility index (Phi) is 10.2. The molecule has 0 radical (unpaired) electrons. The summed E-state index contributed by atoms with van der Waals surface area (Å²) >= 11 is 0. The molecule has 4 amide bonds. The van der Waals surface area contributed by atoms with E-state index in [-0.39, 0.29) is 50.3 Å². The van der Waals surface area contributed by atoms with Crippen molar-refractivity contribution in [3.63, 3.8) is 0 Å². The number of hydrogen-bond donors (Lipinski definition) is 3. The molecular weight excluding hydrogens is 748 g/mol. The van der Waals surface area contributed by atoms with Crippen LogP contribution in [-0.2, 0) is 42.2 Å². The quantitative estimate of drug-likeness (QED) is 0.276. The molecule has 0 unspecified atom stereocenters. The SMILES string of the molecule is O=C1N[C@]2(C(=O)NS(=O)(=O)C3CC3)C[C@H]2C=CCCCCC[C@H](Nc2c(N3CCCCC3)c(=O)c2=O)C(=O)N2C[C@H](OC(=O)N3Cc4cccc(F)c4C3)C[C@@H]12. The number of carbonyl (C=O) groups excluding carboxylic acids is 4. The monoisotopic (exact) mass is 794 g/mol. The highest BCUT2D eigenvalue weighted by Crippen LogP contribution is 2.46. The van der Waals surface area contributed by atoms with E-state index in [2.05, 4.69) is 15.4 Å². The number of nitrogens with zero attached hydrogens (tertiary/aromatic N) is 3. The smallest absolute Gasteiger partial charge is 0.410 e. The number of anilines is 2. The van der Waals surface area contributed by atoms with Crippen LogP contribution in [0.3, 0.4) is 0 Å². The van der Waals surface area contributed by atoms with Crippen LogP contribution in [0.5, 0.6) is 0 Å². The lowest BCUT2D eigenvalue weighted by atomic mass is 10.0. The Labute approximate surface area is 323 Å². The number of nitrogens with one attached hydrogen (secondary N) is 3. The lowest BCUT2D eigenvalue weighted by Crippen LogP contribution is -2.58. The molecule has 3 N–H and O–H groups in total. The Balaban J connectivity index is 1.07. The number of amides is 4. The second-order valence-electron chi connectivity index (χ2n) is 16.1. The molecule has 8 rings (SSSR count). The molecule has 2 aliphatic carbocycles. The summed E-state index contributed by atoms with van der Waals surface area (Å²) in [5, 5.41) is 5.24. The third-order valence-corrected chi connectivity index (χ3v) is 14.0. The van der Waals surface area contributed by atoms with Crippen LogP contribution in [0.4, 0.5) is 20.6 Å². The Morgan fingerprint density at radius 1 is 0.946 bits per heavy atom. The van der Waals surface area contributed by atoms with E-state index in [0.29, 0.717) is 49.9 Å². The van der Waals surface area contributed by atoms with Gasteiger partial charge >= 0.3 is 6.09 Å². The predicted molar refractivity (Wildman–Crippen MR) is 202 cm³/mol. The summed E-state index contributed by atoms with van der Waals surface area (Å²) in [5.74, 6) is -3.04. The average Bonchev–Trinajstić information content (AvgIpc) is 4.07. The standard InChI is InChI=1S/C39H47FN6O9S/c40-28-12-9-10-23-20-45(22-27(23)28)38(52)55-25-18-30-35(49)42-39(37(51)43-56(53,54)26-14-15-26)19-24(39)11-5-2-1-3-6-13-29(36(50)46(30)21-25)41-31-32(34(48)33(31)47)44-16-7-4-8-17-44/h5,9-12,24-26,29-30,41H,1-4,6-8,13-22H2,(H,42,49)(H,43,51)/t24-,25-,29+,30+,39-/m1/s1. The summed E-state index contributed by atoms with van der Waals surface area (Å²) in [6.45, 7) is 1.14. The molecular formula is C39H47FN6O9S. The maximum absolute atomic E-state index is 14.7. The van der Waals surface area contributed by atoms with E-state index in [4.69, 9.17) is 4.74 Å². The van der Waals surface area contributed by atoms with Crippen molar-refractivity contribution in [2.45, 2.75) is 119 Å². The number of allylic oxidation sites excluding steroid dienone is 1. The summed E-state index contributed by atoms with van der Waals surface area (Å²) in [4.78, 5) is 86.6. The van der Waals surface area contributed by atoms with E-state index in [9.17, 15) is 41.6 Å². The first-order chi connectivity index (χ1) is 26.9. The van der Waals surface area contributed by atoms with Crippen molar-refractivity contribution in [1.29, 1.82) is 0 Å². The first kappa shape index (κ1) is 38.1. The normalized spacial score (nSPS) is 28.4. The van der Waals surface area contributed by atoms with Crippen molar-refractivity contribution >= 4 is 45.2 Å². The highest BCUT2D eigenvalue weighted by Gasteiger charge is 2.62. The Morgan fingerprint density at radius 2 is 1.71 bits per heavy atom.